The minimum atomic E-state index is -1.10. The Kier molecular flexibility index (Phi) is 4.40. The molecule has 1 aromatic heterocycles. The van der Waals surface area contributed by atoms with Crippen molar-refractivity contribution in [3.8, 4) is 0 Å². The average Bonchev–Trinajstić information content (AvgIpc) is 2.52. The second kappa shape index (κ2) is 6.07. The number of H-pyrrole nitrogens is 1. The molecule has 0 aliphatic rings. The third kappa shape index (κ3) is 2.96. The largest absolute Gasteiger partial charge is 0.394 e. The molecule has 0 fully saturated rings. The van der Waals surface area contributed by atoms with Crippen LogP contribution in [0, 0.1) is 0 Å². The fourth-order valence-corrected chi connectivity index (χ4v) is 2.07. The second-order valence-corrected chi connectivity index (χ2v) is 5.00. The lowest BCUT2D eigenvalue weighted by molar-refractivity contribution is 0.0649. The molecule has 6 nitrogen and oxygen atoms in total. The molecule has 0 atom stereocenters. The number of aliphatic hydroxyl groups is 2. The van der Waals surface area contributed by atoms with E-state index in [0.717, 1.165) is 0 Å². The van der Waals surface area contributed by atoms with Gasteiger partial charge in [0.05, 0.1) is 18.8 Å². The second-order valence-electron chi connectivity index (χ2n) is 5.00. The minimum absolute atomic E-state index is 0.0958. The molecule has 0 saturated carbocycles. The van der Waals surface area contributed by atoms with Crippen LogP contribution in [0.5, 0.6) is 0 Å². The molecule has 0 spiro atoms. The van der Waals surface area contributed by atoms with Gasteiger partial charge in [-0.3, -0.25) is 9.59 Å². The fourth-order valence-electron chi connectivity index (χ4n) is 2.07. The number of nitrogens with one attached hydrogen (secondary N) is 2. The average molecular weight is 290 g/mol. The Morgan fingerprint density at radius 2 is 1.95 bits per heavy atom. The summed E-state index contributed by atoms with van der Waals surface area (Å²) in [5.41, 5.74) is -0.701. The molecule has 0 saturated heterocycles. The highest BCUT2D eigenvalue weighted by molar-refractivity contribution is 5.95. The smallest absolute Gasteiger partial charge is 0.268 e. The summed E-state index contributed by atoms with van der Waals surface area (Å²) >= 11 is 0. The number of hydrogen-bond acceptors (Lipinski definition) is 4. The third-order valence-electron chi connectivity index (χ3n) is 3.64. The number of para-hydroxylation sites is 1. The van der Waals surface area contributed by atoms with Gasteiger partial charge in [-0.05, 0) is 18.6 Å². The summed E-state index contributed by atoms with van der Waals surface area (Å²) in [6.45, 7) is 0.975. The van der Waals surface area contributed by atoms with E-state index in [9.17, 15) is 19.8 Å². The summed E-state index contributed by atoms with van der Waals surface area (Å²) < 4.78 is 0. The van der Waals surface area contributed by atoms with Crippen molar-refractivity contribution in [2.45, 2.75) is 18.9 Å². The van der Waals surface area contributed by atoms with Crippen LogP contribution in [0.15, 0.2) is 35.1 Å². The maximum absolute atomic E-state index is 12.2. The van der Waals surface area contributed by atoms with Crippen molar-refractivity contribution in [3.05, 3.63) is 46.2 Å². The molecule has 0 aliphatic carbocycles. The molecule has 2 rings (SSSR count). The Bertz CT molecular complexity index is 696. The van der Waals surface area contributed by atoms with Crippen LogP contribution in [-0.4, -0.2) is 39.9 Å². The molecule has 0 bridgehead atoms. The van der Waals surface area contributed by atoms with E-state index >= 15 is 0 Å². The molecule has 0 unspecified atom stereocenters. The van der Waals surface area contributed by atoms with Crippen molar-refractivity contribution in [3.63, 3.8) is 0 Å². The maximum Gasteiger partial charge on any atom is 0.268 e. The number of aliphatic hydroxyl groups excluding tert-OH is 2. The van der Waals surface area contributed by atoms with E-state index in [0.29, 0.717) is 17.3 Å². The van der Waals surface area contributed by atoms with Crippen LogP contribution in [0.4, 0.5) is 0 Å². The number of aromatic amines is 1. The summed E-state index contributed by atoms with van der Waals surface area (Å²) in [6, 6.07) is 8.10. The van der Waals surface area contributed by atoms with Crippen molar-refractivity contribution < 1.29 is 15.0 Å². The molecule has 21 heavy (non-hydrogen) atoms. The Morgan fingerprint density at radius 3 is 2.57 bits per heavy atom. The third-order valence-corrected chi connectivity index (χ3v) is 3.64. The number of rotatable bonds is 5. The SMILES string of the molecule is CCC(CO)(CO)NC(=O)c1cc(=O)c2ccccc2[nH]1. The normalized spacial score (nSPS) is 11.6. The van der Waals surface area contributed by atoms with Gasteiger partial charge in [-0.1, -0.05) is 19.1 Å². The summed E-state index contributed by atoms with van der Waals surface area (Å²) in [5.74, 6) is -0.539. The Morgan fingerprint density at radius 1 is 1.29 bits per heavy atom. The van der Waals surface area contributed by atoms with E-state index < -0.39 is 11.4 Å². The number of pyridine rings is 1. The summed E-state index contributed by atoms with van der Waals surface area (Å²) in [4.78, 5) is 27.1. The summed E-state index contributed by atoms with van der Waals surface area (Å²) in [6.07, 6.45) is 0.365. The van der Waals surface area contributed by atoms with Gasteiger partial charge in [0.2, 0.25) is 0 Å². The lowest BCUT2D eigenvalue weighted by Gasteiger charge is -2.29. The van der Waals surface area contributed by atoms with Crippen molar-refractivity contribution in [1.82, 2.24) is 10.3 Å². The van der Waals surface area contributed by atoms with Gasteiger partial charge in [0.25, 0.3) is 5.91 Å². The Balaban J connectivity index is 2.38. The van der Waals surface area contributed by atoms with E-state index in [1.165, 1.54) is 6.07 Å². The highest BCUT2D eigenvalue weighted by atomic mass is 16.3. The van der Waals surface area contributed by atoms with Crippen LogP contribution in [0.3, 0.4) is 0 Å². The van der Waals surface area contributed by atoms with Gasteiger partial charge in [-0.25, -0.2) is 0 Å². The van der Waals surface area contributed by atoms with Crippen LogP contribution < -0.4 is 10.7 Å². The first-order valence-corrected chi connectivity index (χ1v) is 6.71. The zero-order valence-corrected chi connectivity index (χ0v) is 11.7. The standard InChI is InChI=1S/C15H18N2O4/c1-2-15(8-18,9-19)17-14(21)12-7-13(20)10-5-3-4-6-11(10)16-12/h3-7,18-19H,2,8-9H2,1H3,(H,16,20)(H,17,21). The van der Waals surface area contributed by atoms with Crippen molar-refractivity contribution in [2.24, 2.45) is 0 Å². The van der Waals surface area contributed by atoms with E-state index in [2.05, 4.69) is 10.3 Å². The number of benzene rings is 1. The van der Waals surface area contributed by atoms with Crippen LogP contribution in [0.2, 0.25) is 0 Å². The van der Waals surface area contributed by atoms with Crippen LogP contribution in [-0.2, 0) is 0 Å². The highest BCUT2D eigenvalue weighted by Gasteiger charge is 2.29. The zero-order chi connectivity index (χ0) is 15.5. The molecular formula is C15H18N2O4. The van der Waals surface area contributed by atoms with Crippen molar-refractivity contribution in [1.29, 1.82) is 0 Å². The van der Waals surface area contributed by atoms with E-state index in [1.807, 2.05) is 0 Å². The quantitative estimate of drug-likeness (QED) is 0.639. The van der Waals surface area contributed by atoms with Crippen molar-refractivity contribution >= 4 is 16.8 Å². The molecule has 2 aromatic rings. The minimum Gasteiger partial charge on any atom is -0.394 e. The van der Waals surface area contributed by atoms with Gasteiger partial charge in [-0.2, -0.15) is 0 Å². The van der Waals surface area contributed by atoms with Crippen LogP contribution >= 0.6 is 0 Å². The first-order valence-electron chi connectivity index (χ1n) is 6.71. The van der Waals surface area contributed by atoms with Gasteiger partial charge in [-0.15, -0.1) is 0 Å². The van der Waals surface area contributed by atoms with E-state index in [4.69, 9.17) is 0 Å². The van der Waals surface area contributed by atoms with Gasteiger partial charge in [0.1, 0.15) is 5.69 Å². The molecule has 0 aliphatic heterocycles. The monoisotopic (exact) mass is 290 g/mol. The van der Waals surface area contributed by atoms with E-state index in [-0.39, 0.29) is 24.3 Å². The lowest BCUT2D eigenvalue weighted by atomic mass is 9.98. The molecule has 1 heterocycles. The number of amides is 1. The van der Waals surface area contributed by atoms with Crippen LogP contribution in [0.25, 0.3) is 10.9 Å². The molecule has 1 amide bonds. The van der Waals surface area contributed by atoms with Gasteiger partial charge >= 0.3 is 0 Å². The first-order chi connectivity index (χ1) is 10.0. The van der Waals surface area contributed by atoms with Gasteiger partial charge in [0.15, 0.2) is 5.43 Å². The maximum atomic E-state index is 12.2. The number of aromatic nitrogens is 1. The highest BCUT2D eigenvalue weighted by Crippen LogP contribution is 2.11. The fraction of sp³-hybridized carbons (Fsp3) is 0.333. The molecule has 4 N–H and O–H groups in total. The molecule has 1 aromatic carbocycles. The Labute approximate surface area is 121 Å². The number of carbonyl (C=O) groups is 1. The summed E-state index contributed by atoms with van der Waals surface area (Å²) in [7, 11) is 0. The van der Waals surface area contributed by atoms with Crippen molar-refractivity contribution in [2.75, 3.05) is 13.2 Å². The predicted octanol–water partition coefficient (Wildman–Crippen LogP) is 0.391. The molecule has 6 heteroatoms. The number of fused-ring (bicyclic) bond motifs is 1. The van der Waals surface area contributed by atoms with Crippen LogP contribution in [0.1, 0.15) is 23.8 Å². The lowest BCUT2D eigenvalue weighted by Crippen LogP contribution is -2.54. The van der Waals surface area contributed by atoms with Gasteiger partial charge in [0, 0.05) is 17.0 Å². The molecular weight excluding hydrogens is 272 g/mol. The molecule has 0 radical (unpaired) electrons. The van der Waals surface area contributed by atoms with Gasteiger partial charge < -0.3 is 20.5 Å². The molecule has 112 valence electrons. The number of hydrogen-bond donors (Lipinski definition) is 4. The predicted molar refractivity (Wildman–Crippen MR) is 79.2 cm³/mol. The Hall–Kier alpha value is -2.18. The van der Waals surface area contributed by atoms with E-state index in [1.54, 1.807) is 31.2 Å². The summed E-state index contributed by atoms with van der Waals surface area (Å²) in [5, 5.41) is 21.8. The topological polar surface area (TPSA) is 102 Å². The first kappa shape index (κ1) is 15.2. The number of carbonyl (C=O) groups excluding carboxylic acids is 1. The zero-order valence-electron chi connectivity index (χ0n) is 11.7.